The first-order valence-electron chi connectivity index (χ1n) is 5.92. The second-order valence-corrected chi connectivity index (χ2v) is 11.0. The van der Waals surface area contributed by atoms with Crippen LogP contribution >= 0.6 is 5.21 Å². The number of halogens is 3. The Kier molecular flexibility index (Phi) is 18.6. The third-order valence-electron chi connectivity index (χ3n) is 2.81. The second-order valence-electron chi connectivity index (χ2n) is 3.95. The summed E-state index contributed by atoms with van der Waals surface area (Å²) in [5, 5.41) is 0.514. The van der Waals surface area contributed by atoms with Crippen LogP contribution in [0.25, 0.3) is 6.08 Å². The Hall–Kier alpha value is 1.14. The van der Waals surface area contributed by atoms with Crippen molar-refractivity contribution in [2.45, 2.75) is 26.7 Å². The minimum atomic E-state index is 0. The molecule has 0 N–H and O–H groups in total. The van der Waals surface area contributed by atoms with E-state index in [9.17, 15) is 0 Å². The van der Waals surface area contributed by atoms with E-state index in [0.29, 0.717) is 11.1 Å². The molecule has 0 bridgehead atoms. The molecule has 0 heterocycles. The molecule has 5 heteroatoms. The van der Waals surface area contributed by atoms with Gasteiger partial charge in [0.1, 0.15) is 0 Å². The van der Waals surface area contributed by atoms with Crippen LogP contribution in [0.3, 0.4) is 0 Å². The van der Waals surface area contributed by atoms with Crippen molar-refractivity contribution in [2.75, 3.05) is 12.3 Å². The fraction of sp³-hybridized carbons (Fsp3) is 0.429. The van der Waals surface area contributed by atoms with Crippen LogP contribution in [-0.2, 0) is 24.1 Å². The Balaban J connectivity index is -0.000000257. The fourth-order valence-electron chi connectivity index (χ4n) is 1.65. The molecule has 19 heavy (non-hydrogen) atoms. The van der Waals surface area contributed by atoms with Gasteiger partial charge in [0.2, 0.25) is 0 Å². The Bertz CT molecular complexity index is 354. The van der Waals surface area contributed by atoms with Crippen LogP contribution in [0.5, 0.6) is 0 Å². The first kappa shape index (κ1) is 25.1. The Morgan fingerprint density at radius 1 is 1.05 bits per heavy atom. The van der Waals surface area contributed by atoms with Gasteiger partial charge in [-0.1, -0.05) is 43.3 Å². The van der Waals surface area contributed by atoms with Gasteiger partial charge in [0.25, 0.3) is 0 Å². The van der Waals surface area contributed by atoms with E-state index in [1.54, 1.807) is 24.1 Å². The molecule has 1 aromatic carbocycles. The predicted octanol–water partition coefficient (Wildman–Crippen LogP) is -4.20. The van der Waals surface area contributed by atoms with Crippen molar-refractivity contribution in [3.8, 4) is 0 Å². The predicted molar refractivity (Wildman–Crippen MR) is 71.9 cm³/mol. The van der Waals surface area contributed by atoms with Gasteiger partial charge in [-0.25, -0.2) is 0 Å². The van der Waals surface area contributed by atoms with Crippen LogP contribution in [0, 0.1) is 0 Å². The van der Waals surface area contributed by atoms with Crippen molar-refractivity contribution in [1.29, 1.82) is 0 Å². The average Bonchev–Trinajstić information content (AvgIpc) is 2.72. The number of allylic oxidation sites excluding steroid dienone is 1. The fourth-order valence-corrected chi connectivity index (χ4v) is 2.10. The van der Waals surface area contributed by atoms with E-state index in [1.807, 2.05) is 0 Å². The van der Waals surface area contributed by atoms with E-state index >= 15 is 0 Å². The summed E-state index contributed by atoms with van der Waals surface area (Å²) in [5.41, 5.74) is 2.84. The van der Waals surface area contributed by atoms with Gasteiger partial charge in [-0.15, -0.1) is 0 Å². The summed E-state index contributed by atoms with van der Waals surface area (Å²) in [7, 11) is 0. The van der Waals surface area contributed by atoms with E-state index in [-0.39, 0.29) is 37.2 Å². The number of benzene rings is 1. The summed E-state index contributed by atoms with van der Waals surface area (Å²) in [6.45, 7) is 6.79. The molecule has 1 aliphatic carbocycles. The monoisotopic (exact) mass is 414 g/mol. The normalized spacial score (nSPS) is 14.3. The molecule has 2 rings (SSSR count). The maximum Gasteiger partial charge on any atom is -1.00 e. The first-order valence-corrected chi connectivity index (χ1v) is 10.9. The van der Waals surface area contributed by atoms with Crippen LogP contribution in [0.4, 0.5) is 0 Å². The minimum Gasteiger partial charge on any atom is -1.00 e. The molecule has 0 radical (unpaired) electrons. The molecule has 0 nitrogen and oxygen atoms in total. The second kappa shape index (κ2) is 14.1. The van der Waals surface area contributed by atoms with E-state index in [0.717, 1.165) is 0 Å². The van der Waals surface area contributed by atoms with Gasteiger partial charge >= 0.3 is 55.5 Å². The summed E-state index contributed by atoms with van der Waals surface area (Å²) in [5.74, 6) is 0.621. The summed E-state index contributed by atoms with van der Waals surface area (Å²) in [4.78, 5) is 0. The topological polar surface area (TPSA) is 0 Å². The molecule has 1 atom stereocenters. The molecule has 0 saturated carbocycles. The molecule has 0 aromatic heterocycles. The van der Waals surface area contributed by atoms with Crippen LogP contribution in [0.1, 0.15) is 37.8 Å². The van der Waals surface area contributed by atoms with Crippen molar-refractivity contribution in [1.82, 2.24) is 0 Å². The SMILES string of the molecule is CC1C=Cc2ccccc21.CC[P]([Zr+3])CC.[Cl-].[Cl-].[Cl-]. The molecule has 0 saturated heterocycles. The molecule has 1 aliphatic rings. The smallest absolute Gasteiger partial charge is 1.00 e. The van der Waals surface area contributed by atoms with Crippen molar-refractivity contribution >= 4 is 11.3 Å². The van der Waals surface area contributed by atoms with Gasteiger partial charge in [0.15, 0.2) is 0 Å². The van der Waals surface area contributed by atoms with E-state index in [2.05, 4.69) is 57.2 Å². The zero-order valence-corrected chi connectivity index (χ0v) is 17.2. The van der Waals surface area contributed by atoms with Crippen molar-refractivity contribution in [3.63, 3.8) is 0 Å². The largest absolute Gasteiger partial charge is 1.00 e. The summed E-state index contributed by atoms with van der Waals surface area (Å²) >= 11 is 1.77. The Morgan fingerprint density at radius 3 is 2.00 bits per heavy atom. The summed E-state index contributed by atoms with van der Waals surface area (Å²) in [6.07, 6.45) is 7.30. The van der Waals surface area contributed by atoms with Crippen molar-refractivity contribution in [2.24, 2.45) is 0 Å². The molecular formula is C14H20Cl3PZr. The van der Waals surface area contributed by atoms with Gasteiger partial charge < -0.3 is 37.2 Å². The van der Waals surface area contributed by atoms with Gasteiger partial charge in [-0.05, 0) is 17.0 Å². The molecule has 1 unspecified atom stereocenters. The van der Waals surface area contributed by atoms with E-state index < -0.39 is 0 Å². The average molecular weight is 417 g/mol. The van der Waals surface area contributed by atoms with Gasteiger partial charge in [0.05, 0.1) is 0 Å². The zero-order valence-electron chi connectivity index (χ0n) is 11.5. The van der Waals surface area contributed by atoms with E-state index in [1.165, 1.54) is 23.5 Å². The molecule has 0 fully saturated rings. The molecule has 0 amide bonds. The number of hydrogen-bond donors (Lipinski definition) is 0. The van der Waals surface area contributed by atoms with Crippen molar-refractivity contribution < 1.29 is 61.4 Å². The Labute approximate surface area is 152 Å². The third kappa shape index (κ3) is 8.90. The van der Waals surface area contributed by atoms with Gasteiger partial charge in [-0.2, -0.15) is 0 Å². The first-order chi connectivity index (χ1) is 7.69. The Morgan fingerprint density at radius 2 is 1.58 bits per heavy atom. The maximum absolute atomic E-state index is 2.28. The van der Waals surface area contributed by atoms with Crippen LogP contribution in [-0.4, -0.2) is 12.3 Å². The molecular weight excluding hydrogens is 397 g/mol. The van der Waals surface area contributed by atoms with Crippen LogP contribution in [0.15, 0.2) is 30.3 Å². The maximum atomic E-state index is 2.28. The zero-order chi connectivity index (χ0) is 12.0. The molecule has 1 aromatic rings. The minimum absolute atomic E-state index is 0. The third-order valence-corrected chi connectivity index (χ3v) is 9.01. The van der Waals surface area contributed by atoms with Gasteiger partial charge in [0, 0.05) is 0 Å². The number of hydrogen-bond acceptors (Lipinski definition) is 0. The van der Waals surface area contributed by atoms with E-state index in [4.69, 9.17) is 0 Å². The summed E-state index contributed by atoms with van der Waals surface area (Å²) < 4.78 is 0. The van der Waals surface area contributed by atoms with Crippen LogP contribution < -0.4 is 37.2 Å². The molecule has 106 valence electrons. The van der Waals surface area contributed by atoms with Crippen LogP contribution in [0.2, 0.25) is 0 Å². The quantitative estimate of drug-likeness (QED) is 0.429. The number of rotatable bonds is 2. The summed E-state index contributed by atoms with van der Waals surface area (Å²) in [6, 6.07) is 8.54. The number of fused-ring (bicyclic) bond motifs is 1. The molecule has 0 spiro atoms. The molecule has 0 aliphatic heterocycles. The van der Waals surface area contributed by atoms with Gasteiger partial charge in [-0.3, -0.25) is 0 Å². The standard InChI is InChI=1S/C10H10.C4H10P.3ClH.Zr/c1-8-6-7-9-4-2-3-5-10(8)9;1-3-5-4-2;;;;/h2-8H,1H3;3-4H2,1-2H3;3*1H;/q;-1;;;;+4/p-3. The van der Waals surface area contributed by atoms with Crippen molar-refractivity contribution in [3.05, 3.63) is 41.5 Å².